The Morgan fingerprint density at radius 3 is 2.51 bits per heavy atom. The van der Waals surface area contributed by atoms with E-state index in [1.165, 1.54) is 7.11 Å². The van der Waals surface area contributed by atoms with E-state index >= 15 is 0 Å². The van der Waals surface area contributed by atoms with E-state index in [-0.39, 0.29) is 48.7 Å². The van der Waals surface area contributed by atoms with Crippen LogP contribution in [0.25, 0.3) is 0 Å². The maximum absolute atomic E-state index is 13.2. The molecule has 12 nitrogen and oxygen atoms in total. The first kappa shape index (κ1) is 33.5. The fourth-order valence-corrected chi connectivity index (χ4v) is 6.14. The number of nitrogens with one attached hydrogen (secondary N) is 3. The first-order valence-electron chi connectivity index (χ1n) is 15.9. The van der Waals surface area contributed by atoms with Crippen molar-refractivity contribution in [3.8, 4) is 5.75 Å². The Bertz CT molecular complexity index is 1390. The predicted molar refractivity (Wildman–Crippen MR) is 173 cm³/mol. The van der Waals surface area contributed by atoms with Gasteiger partial charge in [0.05, 0.1) is 18.5 Å². The number of aromatic nitrogens is 1. The monoisotopic (exact) mass is 622 g/mol. The number of carboxylic acid groups (broad SMARTS) is 1. The summed E-state index contributed by atoms with van der Waals surface area (Å²) < 4.78 is 5.60. The van der Waals surface area contributed by atoms with Gasteiger partial charge in [0.1, 0.15) is 23.7 Å². The Morgan fingerprint density at radius 1 is 1.13 bits per heavy atom. The number of methoxy groups -OCH3 is 1. The fourth-order valence-electron chi connectivity index (χ4n) is 6.14. The molecule has 2 atom stereocenters. The maximum atomic E-state index is 13.2. The molecule has 3 amide bonds. The average molecular weight is 623 g/mol. The van der Waals surface area contributed by atoms with Crippen LogP contribution in [0.15, 0.2) is 30.3 Å². The number of pyridine rings is 1. The van der Waals surface area contributed by atoms with E-state index < -0.39 is 12.0 Å². The van der Waals surface area contributed by atoms with Crippen LogP contribution in [0.1, 0.15) is 82.5 Å². The second-order valence-electron chi connectivity index (χ2n) is 12.2. The van der Waals surface area contributed by atoms with E-state index in [9.17, 15) is 24.3 Å². The lowest BCUT2D eigenvalue weighted by atomic mass is 10.0. The molecule has 0 bridgehead atoms. The molecule has 0 radical (unpaired) electrons. The van der Waals surface area contributed by atoms with Crippen LogP contribution in [0.3, 0.4) is 0 Å². The number of rotatable bonds is 14. The Morgan fingerprint density at radius 2 is 1.87 bits per heavy atom. The van der Waals surface area contributed by atoms with Crippen LogP contribution in [0.2, 0.25) is 0 Å². The maximum Gasteiger partial charge on any atom is 0.326 e. The van der Waals surface area contributed by atoms with Crippen LogP contribution in [-0.4, -0.2) is 72.6 Å². The van der Waals surface area contributed by atoms with Gasteiger partial charge >= 0.3 is 5.97 Å². The summed E-state index contributed by atoms with van der Waals surface area (Å²) in [5, 5.41) is 18.0. The fraction of sp³-hybridized carbons (Fsp3) is 0.545. The zero-order valence-electron chi connectivity index (χ0n) is 26.9. The number of likely N-dealkylation sites (N-methyl/N-ethyl adjacent to an activating group) is 1. The molecule has 0 spiro atoms. The SMILES string of the molecule is CC[C@@H]1C(=O)N(C)c2ccc(Nc3ccc(C(=O)NCCCC(=O)N[C@@H](CC(C)C)C(=O)O)cc3OC)nc2N1C1CCCC1. The summed E-state index contributed by atoms with van der Waals surface area (Å²) in [6.45, 7) is 6.09. The normalized spacial score (nSPS) is 17.2. The molecule has 2 aliphatic rings. The van der Waals surface area contributed by atoms with Crippen molar-refractivity contribution >= 4 is 46.7 Å². The van der Waals surface area contributed by atoms with Crippen molar-refractivity contribution in [2.24, 2.45) is 5.92 Å². The van der Waals surface area contributed by atoms with Crippen LogP contribution in [0.5, 0.6) is 5.75 Å². The Hall–Kier alpha value is -4.35. The lowest BCUT2D eigenvalue weighted by Crippen LogP contribution is -2.55. The molecule has 1 aliphatic heterocycles. The first-order chi connectivity index (χ1) is 21.5. The molecule has 1 saturated carbocycles. The highest BCUT2D eigenvalue weighted by Crippen LogP contribution is 2.41. The smallest absolute Gasteiger partial charge is 0.326 e. The second-order valence-corrected chi connectivity index (χ2v) is 12.2. The molecular formula is C33H46N6O6. The van der Waals surface area contributed by atoms with Crippen LogP contribution < -0.4 is 30.5 Å². The Labute approximate surface area is 264 Å². The van der Waals surface area contributed by atoms with Crippen LogP contribution >= 0.6 is 0 Å². The van der Waals surface area contributed by atoms with Gasteiger partial charge in [-0.15, -0.1) is 0 Å². The quantitative estimate of drug-likeness (QED) is 0.224. The molecule has 1 aliphatic carbocycles. The molecule has 2 heterocycles. The average Bonchev–Trinajstić information content (AvgIpc) is 3.55. The zero-order chi connectivity index (χ0) is 32.7. The molecule has 45 heavy (non-hydrogen) atoms. The number of carbonyl (C=O) groups is 4. The van der Waals surface area contributed by atoms with Crippen molar-refractivity contribution < 1.29 is 29.0 Å². The van der Waals surface area contributed by atoms with Crippen molar-refractivity contribution in [3.05, 3.63) is 35.9 Å². The van der Waals surface area contributed by atoms with E-state index in [4.69, 9.17) is 9.72 Å². The minimum atomic E-state index is -1.06. The number of carboxylic acids is 1. The van der Waals surface area contributed by atoms with Gasteiger partial charge in [0.25, 0.3) is 5.91 Å². The van der Waals surface area contributed by atoms with Crippen molar-refractivity contribution in [2.45, 2.75) is 90.3 Å². The van der Waals surface area contributed by atoms with Gasteiger partial charge in [-0.25, -0.2) is 9.78 Å². The van der Waals surface area contributed by atoms with E-state index in [2.05, 4.69) is 20.9 Å². The van der Waals surface area contributed by atoms with E-state index in [0.29, 0.717) is 42.1 Å². The molecule has 0 unspecified atom stereocenters. The van der Waals surface area contributed by atoms with Gasteiger partial charge in [-0.3, -0.25) is 14.4 Å². The largest absolute Gasteiger partial charge is 0.495 e. The summed E-state index contributed by atoms with van der Waals surface area (Å²) in [6, 6.07) is 7.92. The van der Waals surface area contributed by atoms with Gasteiger partial charge in [-0.2, -0.15) is 0 Å². The number of anilines is 4. The third-order valence-corrected chi connectivity index (χ3v) is 8.45. The number of nitrogens with zero attached hydrogens (tertiary/aromatic N) is 3. The number of aliphatic carboxylic acids is 1. The zero-order valence-corrected chi connectivity index (χ0v) is 26.9. The molecular weight excluding hydrogens is 576 g/mol. The minimum Gasteiger partial charge on any atom is -0.495 e. The topological polar surface area (TPSA) is 153 Å². The molecule has 4 rings (SSSR count). The lowest BCUT2D eigenvalue weighted by molar-refractivity contribution is -0.142. The number of benzene rings is 1. The van der Waals surface area contributed by atoms with Gasteiger partial charge in [0, 0.05) is 31.6 Å². The van der Waals surface area contributed by atoms with Crippen molar-refractivity contribution in [1.82, 2.24) is 15.6 Å². The third kappa shape index (κ3) is 8.03. The molecule has 1 aromatic carbocycles. The van der Waals surface area contributed by atoms with Crippen molar-refractivity contribution in [2.75, 3.05) is 35.8 Å². The number of fused-ring (bicyclic) bond motifs is 1. The summed E-state index contributed by atoms with van der Waals surface area (Å²) in [5.74, 6) is 0.336. The highest BCUT2D eigenvalue weighted by Gasteiger charge is 2.40. The van der Waals surface area contributed by atoms with Gasteiger partial charge in [-0.1, -0.05) is 33.6 Å². The number of hydrogen-bond acceptors (Lipinski definition) is 8. The van der Waals surface area contributed by atoms with Crippen LogP contribution in [0.4, 0.5) is 23.0 Å². The van der Waals surface area contributed by atoms with Crippen molar-refractivity contribution in [3.63, 3.8) is 0 Å². The highest BCUT2D eigenvalue weighted by atomic mass is 16.5. The summed E-state index contributed by atoms with van der Waals surface area (Å²) in [6.07, 6.45) is 5.89. The summed E-state index contributed by atoms with van der Waals surface area (Å²) in [4.78, 5) is 58.5. The standard InChI is InChI=1S/C33H46N6O6/c1-6-25-32(42)38(4)26-15-16-28(37-30(26)39(25)22-10-7-8-11-22)35-23-14-13-21(19-27(23)45-5)31(41)34-17-9-12-29(40)36-24(33(43)44)18-20(2)3/h13-16,19-20,22,24-25H,6-12,17-18H2,1-5H3,(H,34,41)(H,35,37)(H,36,40)(H,43,44)/t24-,25+/m0/s1. The molecule has 4 N–H and O–H groups in total. The molecule has 1 fully saturated rings. The van der Waals surface area contributed by atoms with E-state index in [1.54, 1.807) is 30.1 Å². The Kier molecular flexibility index (Phi) is 11.2. The van der Waals surface area contributed by atoms with Crippen LogP contribution in [-0.2, 0) is 14.4 Å². The number of carbonyl (C=O) groups excluding carboxylic acids is 3. The number of amides is 3. The summed E-state index contributed by atoms with van der Waals surface area (Å²) in [5.41, 5.74) is 1.81. The van der Waals surface area contributed by atoms with Crippen LogP contribution in [0, 0.1) is 5.92 Å². The van der Waals surface area contributed by atoms with Gasteiger partial charge in [0.2, 0.25) is 11.8 Å². The third-order valence-electron chi connectivity index (χ3n) is 8.45. The Balaban J connectivity index is 1.40. The van der Waals surface area contributed by atoms with E-state index in [1.807, 2.05) is 32.9 Å². The van der Waals surface area contributed by atoms with Gasteiger partial charge < -0.3 is 35.6 Å². The molecule has 2 aromatic rings. The number of ether oxygens (including phenoxy) is 1. The first-order valence-corrected chi connectivity index (χ1v) is 15.9. The molecule has 244 valence electrons. The summed E-state index contributed by atoms with van der Waals surface area (Å²) in [7, 11) is 3.33. The number of hydrogen-bond donors (Lipinski definition) is 4. The van der Waals surface area contributed by atoms with Gasteiger partial charge in [-0.05, 0) is 68.4 Å². The van der Waals surface area contributed by atoms with E-state index in [0.717, 1.165) is 37.2 Å². The summed E-state index contributed by atoms with van der Waals surface area (Å²) >= 11 is 0. The molecule has 0 saturated heterocycles. The van der Waals surface area contributed by atoms with Gasteiger partial charge in [0.15, 0.2) is 5.82 Å². The van der Waals surface area contributed by atoms with Crippen molar-refractivity contribution in [1.29, 1.82) is 0 Å². The lowest BCUT2D eigenvalue weighted by Gasteiger charge is -2.43. The molecule has 12 heteroatoms. The second kappa shape index (κ2) is 15.1. The predicted octanol–water partition coefficient (Wildman–Crippen LogP) is 4.46. The molecule has 1 aromatic heterocycles. The highest BCUT2D eigenvalue weighted by molar-refractivity contribution is 6.04. The minimum absolute atomic E-state index is 0.0895.